The van der Waals surface area contributed by atoms with E-state index in [0.29, 0.717) is 40.5 Å². The first-order valence-corrected chi connectivity index (χ1v) is 12.4. The lowest BCUT2D eigenvalue weighted by molar-refractivity contribution is -0.384. The van der Waals surface area contributed by atoms with Crippen molar-refractivity contribution in [2.45, 2.75) is 26.5 Å². The monoisotopic (exact) mass is 545 g/mol. The van der Waals surface area contributed by atoms with Crippen LogP contribution in [0.5, 0.6) is 17.2 Å². The summed E-state index contributed by atoms with van der Waals surface area (Å²) in [6.45, 7) is 2.50. The molecule has 0 aliphatic carbocycles. The van der Waals surface area contributed by atoms with Crippen LogP contribution in [0.15, 0.2) is 72.3 Å². The number of para-hydroxylation sites is 1. The molecule has 1 fully saturated rings. The summed E-state index contributed by atoms with van der Waals surface area (Å²) in [4.78, 5) is 49.9. The lowest BCUT2D eigenvalue weighted by atomic mass is 10.1. The van der Waals surface area contributed by atoms with E-state index in [9.17, 15) is 24.5 Å². The smallest absolute Gasteiger partial charge is 0.331 e. The van der Waals surface area contributed by atoms with E-state index < -0.39 is 22.8 Å². The number of urea groups is 1. The minimum absolute atomic E-state index is 0.0333. The van der Waals surface area contributed by atoms with Gasteiger partial charge in [0.05, 0.1) is 25.2 Å². The molecular weight excluding hydrogens is 518 g/mol. The number of rotatable bonds is 11. The SMILES string of the molecule is CCCOc1ccc(CN2C(=O)NC(=O)/C(=C\c3ccccc3OCc3ccc([N+](=O)[O-])cc3)C2=O)cc1OC. The Morgan fingerprint density at radius 2 is 1.65 bits per heavy atom. The van der Waals surface area contributed by atoms with Gasteiger partial charge in [0, 0.05) is 17.7 Å². The number of methoxy groups -OCH3 is 1. The minimum Gasteiger partial charge on any atom is -0.493 e. The second kappa shape index (κ2) is 12.6. The molecular formula is C29H27N3O8. The van der Waals surface area contributed by atoms with Crippen LogP contribution in [0.4, 0.5) is 10.5 Å². The first-order chi connectivity index (χ1) is 19.3. The van der Waals surface area contributed by atoms with Gasteiger partial charge in [-0.2, -0.15) is 0 Å². The number of nitrogens with zero attached hydrogens (tertiary/aromatic N) is 2. The molecule has 11 heteroatoms. The number of non-ortho nitro benzene ring substituents is 1. The fourth-order valence-corrected chi connectivity index (χ4v) is 3.92. The Balaban J connectivity index is 1.54. The van der Waals surface area contributed by atoms with E-state index in [0.717, 1.165) is 11.3 Å². The number of imide groups is 2. The van der Waals surface area contributed by atoms with Crippen molar-refractivity contribution >= 4 is 29.6 Å². The maximum atomic E-state index is 13.3. The zero-order valence-corrected chi connectivity index (χ0v) is 21.9. The maximum Gasteiger partial charge on any atom is 0.331 e. The van der Waals surface area contributed by atoms with Crippen molar-refractivity contribution in [2.75, 3.05) is 13.7 Å². The third kappa shape index (κ3) is 6.44. The highest BCUT2D eigenvalue weighted by atomic mass is 16.6. The minimum atomic E-state index is -0.833. The predicted octanol–water partition coefficient (Wildman–Crippen LogP) is 4.63. The van der Waals surface area contributed by atoms with Crippen LogP contribution in [0.3, 0.4) is 0 Å². The molecule has 0 radical (unpaired) electrons. The number of hydrogen-bond acceptors (Lipinski definition) is 8. The van der Waals surface area contributed by atoms with Gasteiger partial charge in [0.25, 0.3) is 17.5 Å². The summed E-state index contributed by atoms with van der Waals surface area (Å²) in [6.07, 6.45) is 2.19. The highest BCUT2D eigenvalue weighted by Crippen LogP contribution is 2.30. The molecule has 3 aromatic rings. The molecule has 0 unspecified atom stereocenters. The summed E-state index contributed by atoms with van der Waals surface area (Å²) in [5, 5.41) is 13.1. The van der Waals surface area contributed by atoms with Crippen LogP contribution < -0.4 is 19.5 Å². The Labute approximate surface area is 230 Å². The Morgan fingerprint density at radius 1 is 0.925 bits per heavy atom. The molecule has 1 saturated heterocycles. The standard InChI is InChI=1S/C29H27N3O8/c1-3-14-39-25-13-10-20(15-26(25)38-2)17-31-28(34)23(27(33)30-29(31)35)16-21-6-4-5-7-24(21)40-18-19-8-11-22(12-9-19)32(36)37/h4-13,15-16H,3,14,17-18H2,1-2H3,(H,30,33,35)/b23-16+. The number of nitro groups is 1. The molecule has 0 atom stereocenters. The second-order valence-corrected chi connectivity index (χ2v) is 8.79. The first kappa shape index (κ1) is 27.8. The molecule has 0 aromatic heterocycles. The lowest BCUT2D eigenvalue weighted by Gasteiger charge is -2.26. The van der Waals surface area contributed by atoms with E-state index >= 15 is 0 Å². The number of carbonyl (C=O) groups is 3. The highest BCUT2D eigenvalue weighted by molar-refractivity contribution is 6.31. The fourth-order valence-electron chi connectivity index (χ4n) is 3.92. The largest absolute Gasteiger partial charge is 0.493 e. The molecule has 1 heterocycles. The Kier molecular flexibility index (Phi) is 8.75. The number of carbonyl (C=O) groups excluding carboxylic acids is 3. The van der Waals surface area contributed by atoms with Gasteiger partial charge in [-0.1, -0.05) is 31.2 Å². The summed E-state index contributed by atoms with van der Waals surface area (Å²) in [5.41, 5.74) is 1.47. The molecule has 206 valence electrons. The van der Waals surface area contributed by atoms with Gasteiger partial charge in [-0.05, 0) is 54.0 Å². The summed E-state index contributed by atoms with van der Waals surface area (Å²) in [5.74, 6) is -0.198. The predicted molar refractivity (Wildman–Crippen MR) is 145 cm³/mol. The van der Waals surface area contributed by atoms with E-state index in [4.69, 9.17) is 14.2 Å². The quantitative estimate of drug-likeness (QED) is 0.159. The molecule has 4 rings (SSSR count). The van der Waals surface area contributed by atoms with Crippen LogP contribution in [0.1, 0.15) is 30.0 Å². The van der Waals surface area contributed by atoms with Gasteiger partial charge in [-0.3, -0.25) is 29.9 Å². The van der Waals surface area contributed by atoms with E-state index in [1.807, 2.05) is 6.92 Å². The highest BCUT2D eigenvalue weighted by Gasteiger charge is 2.36. The molecule has 3 aromatic carbocycles. The molecule has 0 saturated carbocycles. The number of nitrogens with one attached hydrogen (secondary N) is 1. The van der Waals surface area contributed by atoms with Crippen molar-refractivity contribution in [3.8, 4) is 17.2 Å². The molecule has 1 aliphatic rings. The summed E-state index contributed by atoms with van der Waals surface area (Å²) in [7, 11) is 1.50. The molecule has 0 bridgehead atoms. The number of barbiturate groups is 1. The van der Waals surface area contributed by atoms with Gasteiger partial charge in [-0.25, -0.2) is 4.79 Å². The van der Waals surface area contributed by atoms with Crippen molar-refractivity contribution in [1.29, 1.82) is 0 Å². The molecule has 0 spiro atoms. The van der Waals surface area contributed by atoms with Crippen LogP contribution in [-0.2, 0) is 22.7 Å². The van der Waals surface area contributed by atoms with Crippen molar-refractivity contribution in [2.24, 2.45) is 0 Å². The molecule has 1 aliphatic heterocycles. The summed E-state index contributed by atoms with van der Waals surface area (Å²) in [6, 6.07) is 17.0. The molecule has 1 N–H and O–H groups in total. The number of hydrogen-bond donors (Lipinski definition) is 1. The van der Waals surface area contributed by atoms with Crippen molar-refractivity contribution in [3.05, 3.63) is 99.1 Å². The first-order valence-electron chi connectivity index (χ1n) is 12.4. The van der Waals surface area contributed by atoms with Crippen LogP contribution in [-0.4, -0.2) is 41.4 Å². The van der Waals surface area contributed by atoms with E-state index in [1.54, 1.807) is 54.6 Å². The number of benzene rings is 3. The lowest BCUT2D eigenvalue weighted by Crippen LogP contribution is -2.53. The molecule has 11 nitrogen and oxygen atoms in total. The Morgan fingerprint density at radius 3 is 2.35 bits per heavy atom. The molecule has 40 heavy (non-hydrogen) atoms. The zero-order valence-electron chi connectivity index (χ0n) is 21.9. The van der Waals surface area contributed by atoms with Crippen molar-refractivity contribution < 1.29 is 33.5 Å². The zero-order chi connectivity index (χ0) is 28.6. The van der Waals surface area contributed by atoms with Gasteiger partial charge in [0.1, 0.15) is 17.9 Å². The van der Waals surface area contributed by atoms with Crippen LogP contribution >= 0.6 is 0 Å². The topological polar surface area (TPSA) is 137 Å². The number of ether oxygens (including phenoxy) is 3. The van der Waals surface area contributed by atoms with Gasteiger partial charge >= 0.3 is 6.03 Å². The normalized spacial score (nSPS) is 14.2. The van der Waals surface area contributed by atoms with Gasteiger partial charge in [0.2, 0.25) is 0 Å². The molecule has 4 amide bonds. The Bertz CT molecular complexity index is 1470. The average Bonchev–Trinajstić information content (AvgIpc) is 2.96. The van der Waals surface area contributed by atoms with Crippen LogP contribution in [0, 0.1) is 10.1 Å². The Hall–Kier alpha value is -5.19. The number of nitro benzene ring substituents is 1. The fraction of sp³-hybridized carbons (Fsp3) is 0.207. The van der Waals surface area contributed by atoms with E-state index in [1.165, 1.54) is 25.3 Å². The summed E-state index contributed by atoms with van der Waals surface area (Å²) >= 11 is 0. The van der Waals surface area contributed by atoms with Crippen molar-refractivity contribution in [1.82, 2.24) is 10.2 Å². The summed E-state index contributed by atoms with van der Waals surface area (Å²) < 4.78 is 16.9. The van der Waals surface area contributed by atoms with E-state index in [2.05, 4.69) is 5.32 Å². The van der Waals surface area contributed by atoms with Gasteiger partial charge in [0.15, 0.2) is 11.5 Å². The van der Waals surface area contributed by atoms with Gasteiger partial charge < -0.3 is 14.2 Å². The van der Waals surface area contributed by atoms with E-state index in [-0.39, 0.29) is 24.4 Å². The third-order valence-corrected chi connectivity index (χ3v) is 5.98. The van der Waals surface area contributed by atoms with Crippen LogP contribution in [0.25, 0.3) is 6.08 Å². The van der Waals surface area contributed by atoms with Gasteiger partial charge in [-0.15, -0.1) is 0 Å². The second-order valence-electron chi connectivity index (χ2n) is 8.79. The maximum absolute atomic E-state index is 13.3. The third-order valence-electron chi connectivity index (χ3n) is 5.98. The van der Waals surface area contributed by atoms with Crippen molar-refractivity contribution in [3.63, 3.8) is 0 Å². The van der Waals surface area contributed by atoms with Crippen LogP contribution in [0.2, 0.25) is 0 Å². The average molecular weight is 546 g/mol. The number of amides is 4.